The number of aromatic nitrogens is 1. The van der Waals surface area contributed by atoms with Crippen molar-refractivity contribution in [3.05, 3.63) is 10.6 Å². The minimum atomic E-state index is 0.594. The number of nitrogens with zero attached hydrogens (tertiary/aromatic N) is 2. The van der Waals surface area contributed by atoms with Crippen LogP contribution in [0.25, 0.3) is 0 Å². The summed E-state index contributed by atoms with van der Waals surface area (Å²) in [6.45, 7) is 4.76. The van der Waals surface area contributed by atoms with Crippen LogP contribution in [-0.4, -0.2) is 32.7 Å². The molecule has 0 unspecified atom stereocenters. The average Bonchev–Trinajstić information content (AvgIpc) is 2.74. The number of thiazole rings is 1. The summed E-state index contributed by atoms with van der Waals surface area (Å²) in [7, 11) is 5.79. The van der Waals surface area contributed by atoms with Gasteiger partial charge in [0.2, 0.25) is 0 Å². The lowest BCUT2D eigenvalue weighted by atomic mass is 10.2. The Balaban J connectivity index is 2.66. The van der Waals surface area contributed by atoms with Crippen LogP contribution in [0.4, 0.5) is 5.13 Å². The monoisotopic (exact) mass is 271 g/mol. The Morgan fingerprint density at radius 2 is 2.17 bits per heavy atom. The summed E-state index contributed by atoms with van der Waals surface area (Å²) >= 11 is 1.76. The Labute approximate surface area is 114 Å². The predicted molar refractivity (Wildman–Crippen MR) is 78.4 cm³/mol. The number of ether oxygens (including phenoxy) is 1. The molecular formula is C13H25N3OS. The van der Waals surface area contributed by atoms with Crippen molar-refractivity contribution >= 4 is 16.5 Å². The van der Waals surface area contributed by atoms with Crippen LogP contribution in [-0.2, 0) is 17.9 Å². The fourth-order valence-electron chi connectivity index (χ4n) is 1.78. The number of anilines is 1. The highest BCUT2D eigenvalue weighted by Gasteiger charge is 2.13. The molecule has 4 nitrogen and oxygen atoms in total. The van der Waals surface area contributed by atoms with Gasteiger partial charge in [0, 0.05) is 32.1 Å². The summed E-state index contributed by atoms with van der Waals surface area (Å²) in [6.07, 6.45) is 3.77. The third kappa shape index (κ3) is 4.55. The molecular weight excluding hydrogens is 246 g/mol. The molecule has 104 valence electrons. The molecule has 0 fully saturated rings. The SMILES string of the molecule is CCCCCN(C)c1nc(COC)c(CNC)s1. The molecule has 18 heavy (non-hydrogen) atoms. The van der Waals surface area contributed by atoms with Gasteiger partial charge in [0.15, 0.2) is 5.13 Å². The molecule has 1 rings (SSSR count). The Bertz CT molecular complexity index is 317. The first-order valence-corrected chi connectivity index (χ1v) is 7.37. The van der Waals surface area contributed by atoms with Gasteiger partial charge >= 0.3 is 0 Å². The number of methoxy groups -OCH3 is 1. The van der Waals surface area contributed by atoms with Gasteiger partial charge in [0.25, 0.3) is 0 Å². The maximum absolute atomic E-state index is 5.20. The van der Waals surface area contributed by atoms with E-state index < -0.39 is 0 Å². The zero-order valence-corrected chi connectivity index (χ0v) is 12.8. The Morgan fingerprint density at radius 1 is 1.39 bits per heavy atom. The second-order valence-electron chi connectivity index (χ2n) is 4.46. The smallest absolute Gasteiger partial charge is 0.185 e. The van der Waals surface area contributed by atoms with E-state index in [9.17, 15) is 0 Å². The normalized spacial score (nSPS) is 10.9. The van der Waals surface area contributed by atoms with Crippen molar-refractivity contribution in [2.45, 2.75) is 39.3 Å². The molecule has 0 spiro atoms. The molecule has 0 aromatic carbocycles. The Kier molecular flexibility index (Phi) is 7.23. The molecule has 0 aliphatic heterocycles. The fraction of sp³-hybridized carbons (Fsp3) is 0.769. The van der Waals surface area contributed by atoms with Crippen LogP contribution in [0.1, 0.15) is 36.8 Å². The van der Waals surface area contributed by atoms with Crippen LogP contribution < -0.4 is 10.2 Å². The van der Waals surface area contributed by atoms with Crippen LogP contribution in [0.2, 0.25) is 0 Å². The van der Waals surface area contributed by atoms with Crippen molar-refractivity contribution in [1.29, 1.82) is 0 Å². The largest absolute Gasteiger partial charge is 0.378 e. The molecule has 0 saturated heterocycles. The minimum Gasteiger partial charge on any atom is -0.378 e. The first kappa shape index (κ1) is 15.4. The Hall–Kier alpha value is -0.650. The first-order valence-electron chi connectivity index (χ1n) is 6.56. The molecule has 1 heterocycles. The van der Waals surface area contributed by atoms with Gasteiger partial charge in [-0.3, -0.25) is 0 Å². The molecule has 0 radical (unpaired) electrons. The van der Waals surface area contributed by atoms with Gasteiger partial charge in [0.05, 0.1) is 12.3 Å². The quantitative estimate of drug-likeness (QED) is 0.701. The predicted octanol–water partition coefficient (Wildman–Crippen LogP) is 2.64. The molecule has 0 aliphatic rings. The van der Waals surface area contributed by atoms with E-state index in [1.165, 1.54) is 24.1 Å². The molecule has 0 amide bonds. The van der Waals surface area contributed by atoms with E-state index in [1.54, 1.807) is 18.4 Å². The summed E-state index contributed by atoms with van der Waals surface area (Å²) in [5.41, 5.74) is 1.06. The zero-order valence-electron chi connectivity index (χ0n) is 12.0. The molecule has 0 saturated carbocycles. The zero-order chi connectivity index (χ0) is 13.4. The standard InChI is InChI=1S/C13H25N3OS/c1-5-6-7-8-16(3)13-15-11(10-17-4)12(18-13)9-14-2/h14H,5-10H2,1-4H3. The molecule has 0 bridgehead atoms. The summed E-state index contributed by atoms with van der Waals surface area (Å²) in [4.78, 5) is 8.20. The second-order valence-corrected chi connectivity index (χ2v) is 5.52. The van der Waals surface area contributed by atoms with Gasteiger partial charge in [-0.1, -0.05) is 19.8 Å². The van der Waals surface area contributed by atoms with Gasteiger partial charge in [-0.15, -0.1) is 11.3 Å². The third-order valence-electron chi connectivity index (χ3n) is 2.81. The van der Waals surface area contributed by atoms with Gasteiger partial charge in [-0.25, -0.2) is 4.98 Å². The fourth-order valence-corrected chi connectivity index (χ4v) is 2.84. The lowest BCUT2D eigenvalue weighted by Gasteiger charge is -2.14. The third-order valence-corrected chi connectivity index (χ3v) is 4.02. The summed E-state index contributed by atoms with van der Waals surface area (Å²) in [5, 5.41) is 4.28. The highest BCUT2D eigenvalue weighted by atomic mass is 32.1. The van der Waals surface area contributed by atoms with Crippen molar-refractivity contribution in [3.63, 3.8) is 0 Å². The van der Waals surface area contributed by atoms with Gasteiger partial charge in [-0.2, -0.15) is 0 Å². The lowest BCUT2D eigenvalue weighted by molar-refractivity contribution is 0.181. The van der Waals surface area contributed by atoms with Crippen molar-refractivity contribution < 1.29 is 4.74 Å². The van der Waals surface area contributed by atoms with Gasteiger partial charge in [-0.05, 0) is 13.5 Å². The van der Waals surface area contributed by atoms with Crippen molar-refractivity contribution in [2.24, 2.45) is 0 Å². The van der Waals surface area contributed by atoms with Crippen LogP contribution in [0, 0.1) is 0 Å². The van der Waals surface area contributed by atoms with E-state index in [4.69, 9.17) is 4.74 Å². The lowest BCUT2D eigenvalue weighted by Crippen LogP contribution is -2.18. The van der Waals surface area contributed by atoms with E-state index in [2.05, 4.69) is 29.2 Å². The van der Waals surface area contributed by atoms with Gasteiger partial charge in [0.1, 0.15) is 0 Å². The first-order chi connectivity index (χ1) is 8.72. The van der Waals surface area contributed by atoms with Crippen LogP contribution >= 0.6 is 11.3 Å². The van der Waals surface area contributed by atoms with Crippen molar-refractivity contribution in [3.8, 4) is 0 Å². The van der Waals surface area contributed by atoms with E-state index in [0.717, 1.165) is 23.9 Å². The number of hydrogen-bond donors (Lipinski definition) is 1. The number of hydrogen-bond acceptors (Lipinski definition) is 5. The average molecular weight is 271 g/mol. The van der Waals surface area contributed by atoms with E-state index >= 15 is 0 Å². The van der Waals surface area contributed by atoms with Crippen molar-refractivity contribution in [2.75, 3.05) is 32.6 Å². The number of rotatable bonds is 9. The van der Waals surface area contributed by atoms with E-state index in [0.29, 0.717) is 6.61 Å². The molecule has 1 aromatic heterocycles. The summed E-state index contributed by atoms with van der Waals surface area (Å²) in [5.74, 6) is 0. The topological polar surface area (TPSA) is 37.4 Å². The minimum absolute atomic E-state index is 0.594. The van der Waals surface area contributed by atoms with Crippen molar-refractivity contribution in [1.82, 2.24) is 10.3 Å². The van der Waals surface area contributed by atoms with Crippen LogP contribution in [0.3, 0.4) is 0 Å². The summed E-state index contributed by atoms with van der Waals surface area (Å²) < 4.78 is 5.20. The second kappa shape index (κ2) is 8.45. The molecule has 1 N–H and O–H groups in total. The highest BCUT2D eigenvalue weighted by Crippen LogP contribution is 2.26. The van der Waals surface area contributed by atoms with Crippen LogP contribution in [0.15, 0.2) is 0 Å². The highest BCUT2D eigenvalue weighted by molar-refractivity contribution is 7.15. The number of nitrogens with one attached hydrogen (secondary N) is 1. The maximum atomic E-state index is 5.20. The van der Waals surface area contributed by atoms with E-state index in [-0.39, 0.29) is 0 Å². The number of unbranched alkanes of at least 4 members (excludes halogenated alkanes) is 2. The molecule has 5 heteroatoms. The summed E-state index contributed by atoms with van der Waals surface area (Å²) in [6, 6.07) is 0. The van der Waals surface area contributed by atoms with Crippen LogP contribution in [0.5, 0.6) is 0 Å². The maximum Gasteiger partial charge on any atom is 0.185 e. The van der Waals surface area contributed by atoms with E-state index in [1.807, 2.05) is 7.05 Å². The molecule has 1 aromatic rings. The molecule has 0 atom stereocenters. The molecule has 0 aliphatic carbocycles. The van der Waals surface area contributed by atoms with Gasteiger partial charge < -0.3 is 15.0 Å². The Morgan fingerprint density at radius 3 is 2.78 bits per heavy atom.